The molecule has 29 heavy (non-hydrogen) atoms. The van der Waals surface area contributed by atoms with Crippen molar-refractivity contribution in [3.63, 3.8) is 0 Å². The molecule has 8 nitrogen and oxygen atoms in total. The Kier molecular flexibility index (Phi) is 7.60. The molecule has 1 N–H and O–H groups in total. The highest BCUT2D eigenvalue weighted by Gasteiger charge is 2.21. The van der Waals surface area contributed by atoms with E-state index in [1.54, 1.807) is 18.2 Å². The van der Waals surface area contributed by atoms with Gasteiger partial charge in [0.15, 0.2) is 11.5 Å². The zero-order chi connectivity index (χ0) is 20.7. The molecule has 0 radical (unpaired) electrons. The Balaban J connectivity index is 1.41. The molecule has 0 spiro atoms. The van der Waals surface area contributed by atoms with Gasteiger partial charge < -0.3 is 19.7 Å². The van der Waals surface area contributed by atoms with Crippen LogP contribution in [0.25, 0.3) is 0 Å². The summed E-state index contributed by atoms with van der Waals surface area (Å²) in [7, 11) is -3.47. The van der Waals surface area contributed by atoms with Crippen LogP contribution in [0.5, 0.6) is 11.5 Å². The van der Waals surface area contributed by atoms with Crippen LogP contribution in [0.3, 0.4) is 0 Å². The average molecular weight is 426 g/mol. The quantitative estimate of drug-likeness (QED) is 0.577. The van der Waals surface area contributed by atoms with E-state index in [1.807, 2.05) is 0 Å². The molecule has 9 heteroatoms. The van der Waals surface area contributed by atoms with Crippen LogP contribution in [-0.4, -0.2) is 65.0 Å². The average Bonchev–Trinajstić information content (AvgIpc) is 3.16. The number of carbonyl (C=O) groups excluding carboxylic acids is 1. The fraction of sp³-hybridized carbons (Fsp3) is 0.650. The summed E-state index contributed by atoms with van der Waals surface area (Å²) in [5, 5.41) is 2.94. The Morgan fingerprint density at radius 3 is 2.66 bits per heavy atom. The van der Waals surface area contributed by atoms with E-state index in [2.05, 4.69) is 10.2 Å². The predicted octanol–water partition coefficient (Wildman–Crippen LogP) is 1.95. The number of nitrogens with one attached hydrogen (secondary N) is 1. The van der Waals surface area contributed by atoms with E-state index in [1.165, 1.54) is 23.6 Å². The Morgan fingerprint density at radius 1 is 1.14 bits per heavy atom. The Bertz CT molecular complexity index is 793. The minimum Gasteiger partial charge on any atom is -0.454 e. The molecule has 0 aliphatic carbocycles. The highest BCUT2D eigenvalue weighted by atomic mass is 32.2. The molecule has 1 aromatic rings. The van der Waals surface area contributed by atoms with E-state index in [9.17, 15) is 13.2 Å². The van der Waals surface area contributed by atoms with Crippen LogP contribution < -0.4 is 19.1 Å². The van der Waals surface area contributed by atoms with Crippen LogP contribution in [0, 0.1) is 0 Å². The van der Waals surface area contributed by atoms with Gasteiger partial charge in [0.1, 0.15) is 0 Å². The minimum absolute atomic E-state index is 0.0391. The van der Waals surface area contributed by atoms with Crippen LogP contribution in [0.1, 0.15) is 38.5 Å². The van der Waals surface area contributed by atoms with Crippen LogP contribution >= 0.6 is 0 Å². The van der Waals surface area contributed by atoms with Gasteiger partial charge in [-0.3, -0.25) is 9.10 Å². The molecule has 0 saturated carbocycles. The molecule has 1 saturated heterocycles. The van der Waals surface area contributed by atoms with E-state index >= 15 is 0 Å². The number of piperidine rings is 1. The fourth-order valence-electron chi connectivity index (χ4n) is 3.71. The van der Waals surface area contributed by atoms with Crippen LogP contribution in [-0.2, 0) is 14.8 Å². The van der Waals surface area contributed by atoms with Gasteiger partial charge in [0.2, 0.25) is 22.7 Å². The van der Waals surface area contributed by atoms with Crippen molar-refractivity contribution >= 4 is 21.6 Å². The minimum atomic E-state index is -3.47. The van der Waals surface area contributed by atoms with Crippen molar-refractivity contribution < 1.29 is 22.7 Å². The maximum absolute atomic E-state index is 12.2. The number of ether oxygens (including phenoxy) is 2. The topological polar surface area (TPSA) is 88.2 Å². The number of benzene rings is 1. The van der Waals surface area contributed by atoms with Crippen molar-refractivity contribution in [3.8, 4) is 11.5 Å². The predicted molar refractivity (Wildman–Crippen MR) is 112 cm³/mol. The third-order valence-electron chi connectivity index (χ3n) is 5.23. The van der Waals surface area contributed by atoms with Crippen molar-refractivity contribution in [2.75, 3.05) is 50.1 Å². The number of fused-ring (bicyclic) bond motifs is 1. The summed E-state index contributed by atoms with van der Waals surface area (Å²) in [6, 6.07) is 5.05. The van der Waals surface area contributed by atoms with Crippen molar-refractivity contribution in [1.82, 2.24) is 10.2 Å². The van der Waals surface area contributed by atoms with Gasteiger partial charge in [-0.1, -0.05) is 6.42 Å². The summed E-state index contributed by atoms with van der Waals surface area (Å²) < 4.78 is 36.3. The first-order valence-corrected chi connectivity index (χ1v) is 12.1. The first-order valence-electron chi connectivity index (χ1n) is 10.3. The van der Waals surface area contributed by atoms with Gasteiger partial charge in [0.25, 0.3) is 0 Å². The van der Waals surface area contributed by atoms with Gasteiger partial charge in [0.05, 0.1) is 11.9 Å². The molecule has 162 valence electrons. The van der Waals surface area contributed by atoms with E-state index in [-0.39, 0.29) is 19.2 Å². The second kappa shape index (κ2) is 10.2. The Morgan fingerprint density at radius 2 is 1.90 bits per heavy atom. The number of hydrogen-bond acceptors (Lipinski definition) is 6. The maximum atomic E-state index is 12.2. The van der Waals surface area contributed by atoms with E-state index < -0.39 is 10.0 Å². The first kappa shape index (κ1) is 21.7. The zero-order valence-electron chi connectivity index (χ0n) is 17.1. The van der Waals surface area contributed by atoms with Crippen LogP contribution in [0.4, 0.5) is 5.69 Å². The molecule has 2 aliphatic rings. The van der Waals surface area contributed by atoms with Gasteiger partial charge >= 0.3 is 0 Å². The first-order chi connectivity index (χ1) is 13.9. The van der Waals surface area contributed by atoms with Gasteiger partial charge in [-0.2, -0.15) is 0 Å². The summed E-state index contributed by atoms with van der Waals surface area (Å²) >= 11 is 0. The molecule has 1 amide bonds. The molecule has 2 heterocycles. The third-order valence-corrected chi connectivity index (χ3v) is 6.43. The number of carbonyl (C=O) groups is 1. The van der Waals surface area contributed by atoms with Crippen molar-refractivity contribution in [3.05, 3.63) is 18.2 Å². The summed E-state index contributed by atoms with van der Waals surface area (Å²) in [5.41, 5.74) is 0.513. The van der Waals surface area contributed by atoms with Crippen LogP contribution in [0.2, 0.25) is 0 Å². The number of rotatable bonds is 10. The molecular weight excluding hydrogens is 394 g/mol. The van der Waals surface area contributed by atoms with Gasteiger partial charge in [-0.25, -0.2) is 8.42 Å². The summed E-state index contributed by atoms with van der Waals surface area (Å²) in [6.07, 6.45) is 6.71. The molecule has 1 fully saturated rings. The summed E-state index contributed by atoms with van der Waals surface area (Å²) in [6.45, 7) is 4.37. The highest BCUT2D eigenvalue weighted by Crippen LogP contribution is 2.36. The lowest BCUT2D eigenvalue weighted by molar-refractivity contribution is -0.121. The molecule has 3 rings (SSSR count). The van der Waals surface area contributed by atoms with Gasteiger partial charge in [0, 0.05) is 25.6 Å². The third kappa shape index (κ3) is 6.50. The highest BCUT2D eigenvalue weighted by molar-refractivity contribution is 7.92. The lowest BCUT2D eigenvalue weighted by Crippen LogP contribution is -2.34. The van der Waals surface area contributed by atoms with Gasteiger partial charge in [-0.15, -0.1) is 0 Å². The maximum Gasteiger partial charge on any atom is 0.232 e. The summed E-state index contributed by atoms with van der Waals surface area (Å²) in [5.74, 6) is 1.09. The second-order valence-electron chi connectivity index (χ2n) is 7.58. The second-order valence-corrected chi connectivity index (χ2v) is 9.49. The molecule has 0 aromatic heterocycles. The van der Waals surface area contributed by atoms with E-state index in [0.29, 0.717) is 36.6 Å². The summed E-state index contributed by atoms with van der Waals surface area (Å²) in [4.78, 5) is 14.5. The number of likely N-dealkylation sites (tertiary alicyclic amines) is 1. The van der Waals surface area contributed by atoms with Crippen LogP contribution in [0.15, 0.2) is 18.2 Å². The monoisotopic (exact) mass is 425 g/mol. The smallest absolute Gasteiger partial charge is 0.232 e. The zero-order valence-corrected chi connectivity index (χ0v) is 17.9. The normalized spacial score (nSPS) is 16.6. The standard InChI is InChI=1S/C20H31N3O5S/c1-29(25,26)23(17-8-9-18-19(15-17)28-16-27-18)14-5-7-20(24)21-10-6-13-22-11-3-2-4-12-22/h8-9,15H,2-7,10-14,16H2,1H3,(H,21,24). The number of amides is 1. The number of nitrogens with zero attached hydrogens (tertiary/aromatic N) is 2. The number of sulfonamides is 1. The van der Waals surface area contributed by atoms with Crippen molar-refractivity contribution in [1.29, 1.82) is 0 Å². The van der Waals surface area contributed by atoms with E-state index in [0.717, 1.165) is 32.3 Å². The van der Waals surface area contributed by atoms with E-state index in [4.69, 9.17) is 9.47 Å². The molecule has 0 bridgehead atoms. The van der Waals surface area contributed by atoms with Crippen molar-refractivity contribution in [2.24, 2.45) is 0 Å². The molecule has 0 atom stereocenters. The number of anilines is 1. The molecule has 2 aliphatic heterocycles. The largest absolute Gasteiger partial charge is 0.454 e. The Labute approximate surface area is 173 Å². The SMILES string of the molecule is CS(=O)(=O)N(CCCC(=O)NCCCN1CCCCC1)c1ccc2c(c1)OCO2. The lowest BCUT2D eigenvalue weighted by Gasteiger charge is -2.26. The Hall–Kier alpha value is -2.00. The lowest BCUT2D eigenvalue weighted by atomic mass is 10.1. The molecular formula is C20H31N3O5S. The van der Waals surface area contributed by atoms with Gasteiger partial charge in [-0.05, 0) is 57.5 Å². The van der Waals surface area contributed by atoms with Crippen molar-refractivity contribution in [2.45, 2.75) is 38.5 Å². The fourth-order valence-corrected chi connectivity index (χ4v) is 4.67. The molecule has 0 unspecified atom stereocenters. The number of hydrogen-bond donors (Lipinski definition) is 1. The molecule has 1 aromatic carbocycles.